The molecule has 0 aromatic heterocycles. The predicted octanol–water partition coefficient (Wildman–Crippen LogP) is 8.10. The molecule has 0 saturated heterocycles. The van der Waals surface area contributed by atoms with Crippen molar-refractivity contribution in [2.24, 2.45) is 9.98 Å². The van der Waals surface area contributed by atoms with Gasteiger partial charge >= 0.3 is 0 Å². The Hall–Kier alpha value is -3.86. The normalized spacial score (nSPS) is 12.0. The summed E-state index contributed by atoms with van der Waals surface area (Å²) in [5, 5.41) is 9.13. The molecule has 0 aliphatic heterocycles. The van der Waals surface area contributed by atoms with Gasteiger partial charge in [-0.15, -0.1) is 0 Å². The standard InChI is InChI=1S/C32H40N4O/c1-9-33-21-24(18-19-34-22(2)3)26-15-16-29(28-13-11-10-12-27(26)28)35-23(4)36-30-20-25(32(5,6)7)14-17-31(30)37-8/h10-18,20-21,35-36H,4,9,19H2,1-3,5-8H3/b24-18+,33-21?. The Bertz CT molecular complexity index is 1340. The number of nitrogens with zero attached hydrogens (tertiary/aromatic N) is 2. The van der Waals surface area contributed by atoms with Crippen LogP contribution in [0.15, 0.2) is 83.1 Å². The summed E-state index contributed by atoms with van der Waals surface area (Å²) in [6.07, 6.45) is 4.08. The minimum Gasteiger partial charge on any atom is -0.495 e. The summed E-state index contributed by atoms with van der Waals surface area (Å²) in [6.45, 7) is 18.3. The summed E-state index contributed by atoms with van der Waals surface area (Å²) in [5.74, 6) is 1.43. The molecule has 3 rings (SSSR count). The first kappa shape index (κ1) is 27.7. The summed E-state index contributed by atoms with van der Waals surface area (Å²) in [6, 6.07) is 18.8. The molecule has 37 heavy (non-hydrogen) atoms. The SMILES string of the molecule is C=C(Nc1cc(C(C)(C)C)ccc1OC)Nc1ccc(/C(C=NCC)=C/CN=C(C)C)c2ccccc12. The summed E-state index contributed by atoms with van der Waals surface area (Å²) in [5.41, 5.74) is 6.34. The van der Waals surface area contributed by atoms with Gasteiger partial charge in [-0.3, -0.25) is 9.98 Å². The number of methoxy groups -OCH3 is 1. The Morgan fingerprint density at radius 3 is 2.32 bits per heavy atom. The molecule has 194 valence electrons. The topological polar surface area (TPSA) is 58.0 Å². The highest BCUT2D eigenvalue weighted by Gasteiger charge is 2.16. The van der Waals surface area contributed by atoms with Crippen LogP contribution in [0.3, 0.4) is 0 Å². The Labute approximate surface area is 222 Å². The van der Waals surface area contributed by atoms with Gasteiger partial charge in [0.1, 0.15) is 11.6 Å². The number of nitrogens with one attached hydrogen (secondary N) is 2. The van der Waals surface area contributed by atoms with E-state index in [0.717, 1.165) is 51.3 Å². The zero-order chi connectivity index (χ0) is 27.0. The maximum atomic E-state index is 5.60. The fourth-order valence-electron chi connectivity index (χ4n) is 4.04. The zero-order valence-corrected chi connectivity index (χ0v) is 23.3. The average Bonchev–Trinajstić information content (AvgIpc) is 2.85. The van der Waals surface area contributed by atoms with Crippen LogP contribution in [-0.4, -0.2) is 32.1 Å². The molecule has 0 atom stereocenters. The summed E-state index contributed by atoms with van der Waals surface area (Å²) >= 11 is 0. The molecule has 5 heteroatoms. The van der Waals surface area contributed by atoms with E-state index in [2.05, 4.69) is 103 Å². The summed E-state index contributed by atoms with van der Waals surface area (Å²) < 4.78 is 5.60. The van der Waals surface area contributed by atoms with Crippen molar-refractivity contribution in [2.75, 3.05) is 30.8 Å². The van der Waals surface area contributed by atoms with Gasteiger partial charge in [-0.1, -0.05) is 69.8 Å². The van der Waals surface area contributed by atoms with Gasteiger partial charge in [-0.25, -0.2) is 0 Å². The maximum absolute atomic E-state index is 5.60. The number of rotatable bonds is 10. The smallest absolute Gasteiger partial charge is 0.142 e. The third-order valence-corrected chi connectivity index (χ3v) is 6.00. The number of hydrogen-bond acceptors (Lipinski definition) is 5. The molecule has 2 N–H and O–H groups in total. The number of ether oxygens (including phenoxy) is 1. The fraction of sp³-hybridized carbons (Fsp3) is 0.312. The number of anilines is 2. The largest absolute Gasteiger partial charge is 0.495 e. The van der Waals surface area contributed by atoms with Crippen molar-refractivity contribution in [3.8, 4) is 5.75 Å². The third kappa shape index (κ3) is 7.32. The molecule has 0 unspecified atom stereocenters. The van der Waals surface area contributed by atoms with Crippen LogP contribution >= 0.6 is 0 Å². The van der Waals surface area contributed by atoms with Gasteiger partial charge in [0, 0.05) is 29.5 Å². The molecule has 0 fully saturated rings. The van der Waals surface area contributed by atoms with Crippen molar-refractivity contribution in [2.45, 2.75) is 47.0 Å². The van der Waals surface area contributed by atoms with Gasteiger partial charge in [-0.05, 0) is 66.5 Å². The average molecular weight is 497 g/mol. The highest BCUT2D eigenvalue weighted by Crippen LogP contribution is 2.34. The quantitative estimate of drug-likeness (QED) is 0.279. The van der Waals surface area contributed by atoms with Crippen LogP contribution in [-0.2, 0) is 5.41 Å². The van der Waals surface area contributed by atoms with Gasteiger partial charge < -0.3 is 15.4 Å². The molecular weight excluding hydrogens is 456 g/mol. The molecule has 0 bridgehead atoms. The highest BCUT2D eigenvalue weighted by atomic mass is 16.5. The van der Waals surface area contributed by atoms with Crippen molar-refractivity contribution in [3.05, 3.63) is 84.2 Å². The second-order valence-electron chi connectivity index (χ2n) is 10.2. The molecule has 0 spiro atoms. The summed E-state index contributed by atoms with van der Waals surface area (Å²) in [7, 11) is 1.68. The van der Waals surface area contributed by atoms with Gasteiger partial charge in [0.05, 0.1) is 19.3 Å². The second kappa shape index (κ2) is 12.4. The van der Waals surface area contributed by atoms with E-state index in [1.165, 1.54) is 5.56 Å². The van der Waals surface area contributed by atoms with Crippen LogP contribution in [0.25, 0.3) is 16.3 Å². The van der Waals surface area contributed by atoms with Gasteiger partial charge in [-0.2, -0.15) is 0 Å². The van der Waals surface area contributed by atoms with E-state index < -0.39 is 0 Å². The van der Waals surface area contributed by atoms with Crippen LogP contribution in [0.2, 0.25) is 0 Å². The van der Waals surface area contributed by atoms with E-state index in [4.69, 9.17) is 4.74 Å². The van der Waals surface area contributed by atoms with Crippen LogP contribution in [0, 0.1) is 0 Å². The van der Waals surface area contributed by atoms with Crippen molar-refractivity contribution < 1.29 is 4.74 Å². The number of benzene rings is 3. The maximum Gasteiger partial charge on any atom is 0.142 e. The van der Waals surface area contributed by atoms with Crippen LogP contribution in [0.1, 0.15) is 52.7 Å². The molecule has 0 amide bonds. The van der Waals surface area contributed by atoms with Crippen LogP contribution in [0.5, 0.6) is 5.75 Å². The molecule has 0 saturated carbocycles. The lowest BCUT2D eigenvalue weighted by atomic mass is 9.87. The Morgan fingerprint density at radius 2 is 1.68 bits per heavy atom. The molecular formula is C32H40N4O. The molecule has 0 radical (unpaired) electrons. The molecule has 0 heterocycles. The Morgan fingerprint density at radius 1 is 0.973 bits per heavy atom. The first-order valence-corrected chi connectivity index (χ1v) is 12.7. The van der Waals surface area contributed by atoms with Gasteiger partial charge in [0.25, 0.3) is 0 Å². The van der Waals surface area contributed by atoms with E-state index in [1.54, 1.807) is 7.11 Å². The molecule has 3 aromatic rings. The van der Waals surface area contributed by atoms with Crippen molar-refractivity contribution in [3.63, 3.8) is 0 Å². The molecule has 0 aliphatic carbocycles. The van der Waals surface area contributed by atoms with E-state index in [1.807, 2.05) is 33.1 Å². The van der Waals surface area contributed by atoms with Gasteiger partial charge in [0.15, 0.2) is 0 Å². The lowest BCUT2D eigenvalue weighted by Gasteiger charge is -2.22. The number of hydrogen-bond donors (Lipinski definition) is 2. The first-order valence-electron chi connectivity index (χ1n) is 12.7. The minimum absolute atomic E-state index is 0.0247. The zero-order valence-electron chi connectivity index (χ0n) is 23.3. The monoisotopic (exact) mass is 496 g/mol. The van der Waals surface area contributed by atoms with E-state index in [-0.39, 0.29) is 5.41 Å². The molecule has 3 aromatic carbocycles. The van der Waals surface area contributed by atoms with Crippen molar-refractivity contribution in [1.82, 2.24) is 0 Å². The van der Waals surface area contributed by atoms with E-state index >= 15 is 0 Å². The first-order chi connectivity index (χ1) is 17.6. The van der Waals surface area contributed by atoms with Crippen LogP contribution in [0.4, 0.5) is 11.4 Å². The minimum atomic E-state index is 0.0247. The van der Waals surface area contributed by atoms with Gasteiger partial charge in [0.2, 0.25) is 0 Å². The van der Waals surface area contributed by atoms with Crippen molar-refractivity contribution in [1.29, 1.82) is 0 Å². The number of fused-ring (bicyclic) bond motifs is 1. The predicted molar refractivity (Wildman–Crippen MR) is 163 cm³/mol. The lowest BCUT2D eigenvalue weighted by Crippen LogP contribution is -2.13. The lowest BCUT2D eigenvalue weighted by molar-refractivity contribution is 0.416. The Balaban J connectivity index is 1.95. The number of allylic oxidation sites excluding steroid dienone is 1. The third-order valence-electron chi connectivity index (χ3n) is 6.00. The van der Waals surface area contributed by atoms with Crippen molar-refractivity contribution >= 4 is 39.6 Å². The molecule has 0 aliphatic rings. The van der Waals surface area contributed by atoms with E-state index in [0.29, 0.717) is 12.4 Å². The summed E-state index contributed by atoms with van der Waals surface area (Å²) in [4.78, 5) is 9.06. The number of aliphatic imine (C=N–C) groups is 2. The molecule has 5 nitrogen and oxygen atoms in total. The van der Waals surface area contributed by atoms with Crippen LogP contribution < -0.4 is 15.4 Å². The fourth-order valence-corrected chi connectivity index (χ4v) is 4.04. The Kier molecular flexibility index (Phi) is 9.29. The highest BCUT2D eigenvalue weighted by molar-refractivity contribution is 6.16. The second-order valence-corrected chi connectivity index (χ2v) is 10.2. The van der Waals surface area contributed by atoms with E-state index in [9.17, 15) is 0 Å².